The Hall–Kier alpha value is -3.03. The van der Waals surface area contributed by atoms with Gasteiger partial charge in [0.05, 0.1) is 10.0 Å². The number of carbonyl (C=O) groups is 2. The number of likely N-dealkylation sites (tertiary alicyclic amines) is 1. The monoisotopic (exact) mass is 526 g/mol. The number of esters is 1. The summed E-state index contributed by atoms with van der Waals surface area (Å²) in [6.45, 7) is 0.731. The fourth-order valence-corrected chi connectivity index (χ4v) is 5.87. The number of amides is 1. The van der Waals surface area contributed by atoms with E-state index in [9.17, 15) is 9.59 Å². The molecule has 1 aromatic heterocycles. The van der Waals surface area contributed by atoms with Crippen molar-refractivity contribution in [2.75, 3.05) is 6.54 Å². The fourth-order valence-electron chi connectivity index (χ4n) is 5.29. The van der Waals surface area contributed by atoms with E-state index in [1.165, 1.54) is 0 Å². The molecular weight excluding hydrogens is 503 g/mol. The van der Waals surface area contributed by atoms with Crippen LogP contribution < -0.4 is 0 Å². The highest BCUT2D eigenvalue weighted by molar-refractivity contribution is 6.39. The van der Waals surface area contributed by atoms with Crippen LogP contribution in [-0.4, -0.2) is 40.8 Å². The molecule has 3 aromatic rings. The van der Waals surface area contributed by atoms with E-state index in [4.69, 9.17) is 37.2 Å². The van der Waals surface area contributed by atoms with Crippen molar-refractivity contribution >= 4 is 35.3 Å². The Kier molecular flexibility index (Phi) is 6.13. The molecule has 6 rings (SSSR count). The molecule has 2 heterocycles. The summed E-state index contributed by atoms with van der Waals surface area (Å²) in [6.07, 6.45) is 2.58. The normalized spacial score (nSPS) is 22.6. The van der Waals surface area contributed by atoms with Crippen LogP contribution in [0.15, 0.2) is 53.1 Å². The molecule has 0 spiro atoms. The zero-order chi connectivity index (χ0) is 24.8. The Morgan fingerprint density at radius 2 is 1.78 bits per heavy atom. The van der Waals surface area contributed by atoms with Crippen molar-refractivity contribution in [3.63, 3.8) is 0 Å². The highest BCUT2D eigenvalue weighted by Gasteiger charge is 2.49. The molecule has 3 atom stereocenters. The first kappa shape index (κ1) is 23.4. The van der Waals surface area contributed by atoms with Crippen LogP contribution in [-0.2, 0) is 16.1 Å². The summed E-state index contributed by atoms with van der Waals surface area (Å²) in [5.41, 5.74) is 2.02. The molecule has 2 saturated carbocycles. The average molecular weight is 527 g/mol. The molecule has 36 heavy (non-hydrogen) atoms. The summed E-state index contributed by atoms with van der Waals surface area (Å²) >= 11 is 12.8. The molecule has 2 aromatic carbocycles. The maximum absolute atomic E-state index is 13.5. The number of hydrogen-bond donors (Lipinski definition) is 0. The number of ether oxygens (including phenoxy) is 2. The fraction of sp³-hybridized carbons (Fsp3) is 0.370. The van der Waals surface area contributed by atoms with Gasteiger partial charge in [0, 0.05) is 36.4 Å². The van der Waals surface area contributed by atoms with Crippen molar-refractivity contribution in [3.8, 4) is 11.3 Å². The lowest BCUT2D eigenvalue weighted by atomic mass is 10.0. The molecule has 7 nitrogen and oxygen atoms in total. The van der Waals surface area contributed by atoms with Crippen molar-refractivity contribution in [1.29, 1.82) is 0 Å². The SMILES string of the molecule is O=C(O[C@H]1C[C@@H]2C[C@H]1CN2C(=O)OCc1ccccc1)c1c(-c2c(Cl)cccc2Cl)noc1C1CC1. The first-order chi connectivity index (χ1) is 17.5. The third-order valence-electron chi connectivity index (χ3n) is 7.25. The van der Waals surface area contributed by atoms with E-state index in [1.54, 1.807) is 23.1 Å². The molecule has 3 fully saturated rings. The maximum atomic E-state index is 13.5. The van der Waals surface area contributed by atoms with E-state index in [0.29, 0.717) is 45.6 Å². The quantitative estimate of drug-likeness (QED) is 0.341. The minimum atomic E-state index is -0.486. The van der Waals surface area contributed by atoms with Crippen LogP contribution in [0.4, 0.5) is 4.79 Å². The van der Waals surface area contributed by atoms with E-state index in [0.717, 1.165) is 24.8 Å². The first-order valence-electron chi connectivity index (χ1n) is 12.1. The van der Waals surface area contributed by atoms with Crippen molar-refractivity contribution in [2.24, 2.45) is 5.92 Å². The van der Waals surface area contributed by atoms with Crippen LogP contribution in [0.3, 0.4) is 0 Å². The van der Waals surface area contributed by atoms with Gasteiger partial charge in [-0.05, 0) is 37.0 Å². The van der Waals surface area contributed by atoms with Crippen LogP contribution in [0.2, 0.25) is 10.0 Å². The Morgan fingerprint density at radius 1 is 1.03 bits per heavy atom. The van der Waals surface area contributed by atoms with Gasteiger partial charge in [0.2, 0.25) is 0 Å². The highest BCUT2D eigenvalue weighted by Crippen LogP contribution is 2.47. The van der Waals surface area contributed by atoms with Gasteiger partial charge in [-0.2, -0.15) is 0 Å². The van der Waals surface area contributed by atoms with Crippen molar-refractivity contribution in [3.05, 3.63) is 75.5 Å². The Labute approximate surface area is 218 Å². The molecule has 3 aliphatic rings. The van der Waals surface area contributed by atoms with E-state index >= 15 is 0 Å². The number of rotatable bonds is 6. The van der Waals surface area contributed by atoms with Gasteiger partial charge in [0.1, 0.15) is 24.0 Å². The van der Waals surface area contributed by atoms with Gasteiger partial charge in [0.15, 0.2) is 5.76 Å². The van der Waals surface area contributed by atoms with Crippen LogP contribution in [0, 0.1) is 5.92 Å². The number of hydrogen-bond acceptors (Lipinski definition) is 6. The van der Waals surface area contributed by atoms with Crippen molar-refractivity contribution in [1.82, 2.24) is 10.1 Å². The molecule has 9 heteroatoms. The number of benzene rings is 2. The molecular formula is C27H24Cl2N2O5. The topological polar surface area (TPSA) is 81.9 Å². The number of fused-ring (bicyclic) bond motifs is 2. The molecule has 2 aliphatic carbocycles. The number of nitrogens with zero attached hydrogens (tertiary/aromatic N) is 2. The molecule has 186 valence electrons. The Morgan fingerprint density at radius 3 is 2.44 bits per heavy atom. The predicted octanol–water partition coefficient (Wildman–Crippen LogP) is 6.48. The number of halogens is 2. The van der Waals surface area contributed by atoms with Gasteiger partial charge in [-0.3, -0.25) is 0 Å². The third-order valence-corrected chi connectivity index (χ3v) is 7.88. The second kappa shape index (κ2) is 9.45. The summed E-state index contributed by atoms with van der Waals surface area (Å²) in [5.74, 6) is 0.241. The summed E-state index contributed by atoms with van der Waals surface area (Å²) in [7, 11) is 0. The van der Waals surface area contributed by atoms with E-state index in [1.807, 2.05) is 30.3 Å². The number of carbonyl (C=O) groups excluding carboxylic acids is 2. The summed E-state index contributed by atoms with van der Waals surface area (Å²) in [6, 6.07) is 14.7. The van der Waals surface area contributed by atoms with Crippen molar-refractivity contribution < 1.29 is 23.6 Å². The van der Waals surface area contributed by atoms with Crippen LogP contribution in [0.5, 0.6) is 0 Å². The van der Waals surface area contributed by atoms with E-state index in [2.05, 4.69) is 5.16 Å². The zero-order valence-electron chi connectivity index (χ0n) is 19.4. The lowest BCUT2D eigenvalue weighted by Gasteiger charge is -2.30. The minimum absolute atomic E-state index is 0.0149. The van der Waals surface area contributed by atoms with Gasteiger partial charge in [-0.25, -0.2) is 9.59 Å². The lowest BCUT2D eigenvalue weighted by molar-refractivity contribution is 0.00584. The lowest BCUT2D eigenvalue weighted by Crippen LogP contribution is -2.43. The third kappa shape index (κ3) is 4.35. The summed E-state index contributed by atoms with van der Waals surface area (Å²) in [4.78, 5) is 27.9. The van der Waals surface area contributed by atoms with E-state index in [-0.39, 0.29) is 36.7 Å². The molecule has 1 aliphatic heterocycles. The highest BCUT2D eigenvalue weighted by atomic mass is 35.5. The standard InChI is InChI=1S/C27H24Cl2N2O5/c28-19-7-4-8-20(29)22(19)24-23(25(36-30-24)16-9-10-16)26(32)35-21-12-18-11-17(21)13-31(18)27(33)34-14-15-5-2-1-3-6-15/h1-8,16-18,21H,9-14H2/t17-,18-,21-/m0/s1. The maximum Gasteiger partial charge on any atom is 0.410 e. The number of piperidine rings is 1. The van der Waals surface area contributed by atoms with Gasteiger partial charge >= 0.3 is 12.1 Å². The molecule has 2 bridgehead atoms. The minimum Gasteiger partial charge on any atom is -0.458 e. The second-order valence-electron chi connectivity index (χ2n) is 9.66. The zero-order valence-corrected chi connectivity index (χ0v) is 20.9. The van der Waals surface area contributed by atoms with Gasteiger partial charge < -0.3 is 18.9 Å². The predicted molar refractivity (Wildman–Crippen MR) is 133 cm³/mol. The van der Waals surface area contributed by atoms with Gasteiger partial charge in [-0.1, -0.05) is 64.8 Å². The second-order valence-corrected chi connectivity index (χ2v) is 10.5. The van der Waals surface area contributed by atoms with Gasteiger partial charge in [-0.15, -0.1) is 0 Å². The van der Waals surface area contributed by atoms with Crippen molar-refractivity contribution in [2.45, 2.75) is 50.4 Å². The molecule has 0 N–H and O–H groups in total. The molecule has 0 unspecified atom stereocenters. The largest absolute Gasteiger partial charge is 0.458 e. The Balaban J connectivity index is 1.15. The summed E-state index contributed by atoms with van der Waals surface area (Å²) < 4.78 is 17.1. The van der Waals surface area contributed by atoms with Crippen LogP contribution >= 0.6 is 23.2 Å². The Bertz CT molecular complexity index is 1290. The molecule has 1 amide bonds. The average Bonchev–Trinajstić information content (AvgIpc) is 3.31. The first-order valence-corrected chi connectivity index (χ1v) is 12.9. The summed E-state index contributed by atoms with van der Waals surface area (Å²) in [5, 5.41) is 4.95. The number of aromatic nitrogens is 1. The van der Waals surface area contributed by atoms with E-state index < -0.39 is 5.97 Å². The van der Waals surface area contributed by atoms with Crippen LogP contribution in [0.1, 0.15) is 53.3 Å². The molecule has 0 radical (unpaired) electrons. The van der Waals surface area contributed by atoms with Crippen LogP contribution in [0.25, 0.3) is 11.3 Å². The smallest absolute Gasteiger partial charge is 0.410 e. The van der Waals surface area contributed by atoms with Gasteiger partial charge in [0.25, 0.3) is 0 Å². The molecule has 1 saturated heterocycles.